The van der Waals surface area contributed by atoms with Crippen LogP contribution in [0.3, 0.4) is 0 Å². The van der Waals surface area contributed by atoms with Crippen molar-refractivity contribution in [3.63, 3.8) is 0 Å². The summed E-state index contributed by atoms with van der Waals surface area (Å²) in [5, 5.41) is 8.84. The van der Waals surface area contributed by atoms with Gasteiger partial charge in [-0.05, 0) is 19.3 Å². The largest absolute Gasteiger partial charge is 0.393 e. The molecular weight excluding hydrogens is 126 g/mol. The first-order chi connectivity index (χ1) is 4.63. The highest BCUT2D eigenvalue weighted by molar-refractivity contribution is 5.59. The monoisotopic (exact) mass is 143 g/mol. The lowest BCUT2D eigenvalue weighted by Gasteiger charge is -1.99. The number of hydrogen-bond donors (Lipinski definition) is 1. The van der Waals surface area contributed by atoms with Crippen LogP contribution in [0.2, 0.25) is 0 Å². The van der Waals surface area contributed by atoms with Crippen molar-refractivity contribution < 1.29 is 5.11 Å². The zero-order chi connectivity index (χ0) is 7.98. The lowest BCUT2D eigenvalue weighted by atomic mass is 10.2. The summed E-state index contributed by atoms with van der Waals surface area (Å²) < 4.78 is 0. The fourth-order valence-electron chi connectivity index (χ4n) is 0.547. The molecule has 0 aromatic carbocycles. The Hall–Kier alpha value is -0.370. The Kier molecular flexibility index (Phi) is 5.22. The van der Waals surface area contributed by atoms with Crippen molar-refractivity contribution in [3.05, 3.63) is 0 Å². The van der Waals surface area contributed by atoms with Crippen LogP contribution in [0.5, 0.6) is 0 Å². The molecule has 2 heteroatoms. The number of hydrogen-bond acceptors (Lipinski definition) is 2. The SMILES string of the molecule is CC(C)C=NCCC(C)O. The average molecular weight is 143 g/mol. The fourth-order valence-corrected chi connectivity index (χ4v) is 0.547. The minimum absolute atomic E-state index is 0.218. The van der Waals surface area contributed by atoms with Crippen LogP contribution >= 0.6 is 0 Å². The van der Waals surface area contributed by atoms with Crippen molar-refractivity contribution in [2.75, 3.05) is 6.54 Å². The molecule has 0 saturated heterocycles. The molecule has 1 atom stereocenters. The molecule has 0 aromatic rings. The molecule has 0 fully saturated rings. The van der Waals surface area contributed by atoms with Gasteiger partial charge in [0, 0.05) is 12.8 Å². The van der Waals surface area contributed by atoms with Crippen LogP contribution in [0.15, 0.2) is 4.99 Å². The molecule has 1 N–H and O–H groups in total. The second-order valence-electron chi connectivity index (χ2n) is 2.94. The molecule has 0 aliphatic heterocycles. The van der Waals surface area contributed by atoms with Crippen molar-refractivity contribution in [2.45, 2.75) is 33.3 Å². The molecular formula is C8H17NO. The van der Waals surface area contributed by atoms with E-state index in [2.05, 4.69) is 18.8 Å². The molecule has 0 aromatic heterocycles. The van der Waals surface area contributed by atoms with Gasteiger partial charge in [-0.2, -0.15) is 0 Å². The summed E-state index contributed by atoms with van der Waals surface area (Å²) in [5.41, 5.74) is 0. The molecule has 0 saturated carbocycles. The minimum Gasteiger partial charge on any atom is -0.393 e. The van der Waals surface area contributed by atoms with Gasteiger partial charge in [-0.15, -0.1) is 0 Å². The quantitative estimate of drug-likeness (QED) is 0.594. The van der Waals surface area contributed by atoms with E-state index < -0.39 is 0 Å². The lowest BCUT2D eigenvalue weighted by molar-refractivity contribution is 0.187. The maximum atomic E-state index is 8.84. The zero-order valence-corrected chi connectivity index (χ0v) is 7.04. The molecule has 2 nitrogen and oxygen atoms in total. The standard InChI is InChI=1S/C8H17NO/c1-7(2)6-9-5-4-8(3)10/h6-8,10H,4-5H2,1-3H3. The third-order valence-corrected chi connectivity index (χ3v) is 1.08. The molecule has 0 bridgehead atoms. The molecule has 60 valence electrons. The van der Waals surface area contributed by atoms with Crippen LogP contribution in [-0.2, 0) is 0 Å². The summed E-state index contributed by atoms with van der Waals surface area (Å²) in [5.74, 6) is 0.522. The van der Waals surface area contributed by atoms with Crippen molar-refractivity contribution in [3.8, 4) is 0 Å². The highest BCUT2D eigenvalue weighted by atomic mass is 16.3. The van der Waals surface area contributed by atoms with Gasteiger partial charge in [0.15, 0.2) is 0 Å². The summed E-state index contributed by atoms with van der Waals surface area (Å²) >= 11 is 0. The third-order valence-electron chi connectivity index (χ3n) is 1.08. The van der Waals surface area contributed by atoms with E-state index in [0.717, 1.165) is 13.0 Å². The molecule has 0 radical (unpaired) electrons. The summed E-state index contributed by atoms with van der Waals surface area (Å²) in [6, 6.07) is 0. The second kappa shape index (κ2) is 5.42. The zero-order valence-electron chi connectivity index (χ0n) is 7.04. The van der Waals surface area contributed by atoms with Gasteiger partial charge in [-0.3, -0.25) is 4.99 Å². The Labute approximate surface area is 63.0 Å². The number of rotatable bonds is 4. The smallest absolute Gasteiger partial charge is 0.0529 e. The molecule has 0 heterocycles. The van der Waals surface area contributed by atoms with E-state index in [9.17, 15) is 0 Å². The Morgan fingerprint density at radius 3 is 2.40 bits per heavy atom. The van der Waals surface area contributed by atoms with Crippen LogP contribution in [0, 0.1) is 5.92 Å². The maximum absolute atomic E-state index is 8.84. The van der Waals surface area contributed by atoms with Gasteiger partial charge in [0.25, 0.3) is 0 Å². The van der Waals surface area contributed by atoms with E-state index in [1.807, 2.05) is 6.21 Å². The number of nitrogens with zero attached hydrogens (tertiary/aromatic N) is 1. The van der Waals surface area contributed by atoms with Gasteiger partial charge in [0.05, 0.1) is 6.10 Å². The topological polar surface area (TPSA) is 32.6 Å². The van der Waals surface area contributed by atoms with Crippen molar-refractivity contribution in [2.24, 2.45) is 10.9 Å². The number of aliphatic hydroxyl groups is 1. The summed E-state index contributed by atoms with van der Waals surface area (Å²) in [4.78, 5) is 4.13. The first-order valence-electron chi connectivity index (χ1n) is 3.81. The maximum Gasteiger partial charge on any atom is 0.0529 e. The van der Waals surface area contributed by atoms with E-state index >= 15 is 0 Å². The molecule has 0 amide bonds. The average Bonchev–Trinajstić information content (AvgIpc) is 1.79. The van der Waals surface area contributed by atoms with E-state index in [1.54, 1.807) is 6.92 Å². The second-order valence-corrected chi connectivity index (χ2v) is 2.94. The molecule has 0 spiro atoms. The molecule has 1 unspecified atom stereocenters. The molecule has 0 aliphatic rings. The van der Waals surface area contributed by atoms with Crippen LogP contribution in [0.1, 0.15) is 27.2 Å². The summed E-state index contributed by atoms with van der Waals surface area (Å²) in [6.07, 6.45) is 2.47. The molecule has 0 aliphatic carbocycles. The number of aliphatic hydroxyl groups excluding tert-OH is 1. The van der Waals surface area contributed by atoms with Crippen LogP contribution in [0.4, 0.5) is 0 Å². The summed E-state index contributed by atoms with van der Waals surface area (Å²) in [6.45, 7) is 6.71. The highest BCUT2D eigenvalue weighted by Crippen LogP contribution is 1.90. The van der Waals surface area contributed by atoms with E-state index in [0.29, 0.717) is 5.92 Å². The van der Waals surface area contributed by atoms with Gasteiger partial charge >= 0.3 is 0 Å². The Bertz CT molecular complexity index is 97.4. The normalized spacial score (nSPS) is 14.9. The predicted molar refractivity (Wildman–Crippen MR) is 44.5 cm³/mol. The van der Waals surface area contributed by atoms with Gasteiger partial charge in [0.1, 0.15) is 0 Å². The lowest BCUT2D eigenvalue weighted by Crippen LogP contribution is -2.01. The Balaban J connectivity index is 3.19. The first-order valence-corrected chi connectivity index (χ1v) is 3.81. The van der Waals surface area contributed by atoms with Gasteiger partial charge in [-0.25, -0.2) is 0 Å². The summed E-state index contributed by atoms with van der Waals surface area (Å²) in [7, 11) is 0. The highest BCUT2D eigenvalue weighted by Gasteiger charge is 1.91. The van der Waals surface area contributed by atoms with E-state index in [1.165, 1.54) is 0 Å². The van der Waals surface area contributed by atoms with Gasteiger partial charge in [-0.1, -0.05) is 13.8 Å². The van der Waals surface area contributed by atoms with E-state index in [4.69, 9.17) is 5.11 Å². The van der Waals surface area contributed by atoms with E-state index in [-0.39, 0.29) is 6.10 Å². The number of aliphatic imine (C=N–C) groups is 1. The van der Waals surface area contributed by atoms with Crippen molar-refractivity contribution >= 4 is 6.21 Å². The van der Waals surface area contributed by atoms with Crippen LogP contribution < -0.4 is 0 Å². The predicted octanol–water partition coefficient (Wildman–Crippen LogP) is 1.48. The fraction of sp³-hybridized carbons (Fsp3) is 0.875. The Morgan fingerprint density at radius 1 is 1.40 bits per heavy atom. The van der Waals surface area contributed by atoms with Gasteiger partial charge in [0.2, 0.25) is 0 Å². The third kappa shape index (κ3) is 7.63. The van der Waals surface area contributed by atoms with Crippen LogP contribution in [-0.4, -0.2) is 24.0 Å². The van der Waals surface area contributed by atoms with Crippen molar-refractivity contribution in [1.29, 1.82) is 0 Å². The minimum atomic E-state index is -0.218. The van der Waals surface area contributed by atoms with Gasteiger partial charge < -0.3 is 5.11 Å². The van der Waals surface area contributed by atoms with Crippen molar-refractivity contribution in [1.82, 2.24) is 0 Å². The first kappa shape index (κ1) is 9.63. The molecule has 10 heavy (non-hydrogen) atoms. The van der Waals surface area contributed by atoms with Crippen LogP contribution in [0.25, 0.3) is 0 Å². The Morgan fingerprint density at radius 2 is 2.00 bits per heavy atom. The molecule has 0 rings (SSSR count).